The van der Waals surface area contributed by atoms with Crippen LogP contribution in [0.4, 0.5) is 5.69 Å². The molecule has 0 saturated carbocycles. The van der Waals surface area contributed by atoms with Crippen molar-refractivity contribution in [2.45, 2.75) is 20.0 Å². The van der Waals surface area contributed by atoms with Gasteiger partial charge in [0, 0.05) is 5.69 Å². The molecule has 0 aliphatic heterocycles. The number of carbonyl (C=O) groups is 1. The Morgan fingerprint density at radius 2 is 1.95 bits per heavy atom. The average molecular weight is 326 g/mol. The number of halogens is 2. The van der Waals surface area contributed by atoms with Crippen molar-refractivity contribution in [3.63, 3.8) is 0 Å². The van der Waals surface area contributed by atoms with E-state index >= 15 is 0 Å². The Bertz CT molecular complexity index is 645. The third-order valence-corrected chi connectivity index (χ3v) is 2.91. The van der Waals surface area contributed by atoms with Crippen LogP contribution in [-0.2, 0) is 0 Å². The normalized spacial score (nSPS) is 10.5. The van der Waals surface area contributed by atoms with Gasteiger partial charge in [-0.2, -0.15) is 0 Å². The topological polar surface area (TPSA) is 64.1 Å². The first-order chi connectivity index (χ1) is 9.95. The molecule has 5 nitrogen and oxygen atoms in total. The van der Waals surface area contributed by atoms with Gasteiger partial charge in [0.25, 0.3) is 5.91 Å². The van der Waals surface area contributed by atoms with Gasteiger partial charge in [0.2, 0.25) is 0 Å². The Kier molecular flexibility index (Phi) is 4.98. The van der Waals surface area contributed by atoms with Gasteiger partial charge < -0.3 is 10.1 Å². The molecule has 0 spiro atoms. The second kappa shape index (κ2) is 6.74. The van der Waals surface area contributed by atoms with E-state index in [1.165, 1.54) is 12.1 Å². The molecule has 0 bridgehead atoms. The van der Waals surface area contributed by atoms with E-state index in [4.69, 9.17) is 27.9 Å². The summed E-state index contributed by atoms with van der Waals surface area (Å²) in [5.41, 5.74) is 0.705. The highest BCUT2D eigenvalue weighted by Gasteiger charge is 2.10. The zero-order valence-corrected chi connectivity index (χ0v) is 12.9. The molecule has 1 amide bonds. The molecule has 0 unspecified atom stereocenters. The molecule has 0 aliphatic rings. The minimum Gasteiger partial charge on any atom is -0.489 e. The fraction of sp³-hybridized carbons (Fsp3) is 0.214. The molecule has 1 aromatic heterocycles. The van der Waals surface area contributed by atoms with Crippen LogP contribution in [0.2, 0.25) is 10.2 Å². The van der Waals surface area contributed by atoms with E-state index in [0.29, 0.717) is 16.5 Å². The van der Waals surface area contributed by atoms with Crippen LogP contribution >= 0.6 is 23.2 Å². The van der Waals surface area contributed by atoms with Gasteiger partial charge in [0.05, 0.1) is 11.1 Å². The van der Waals surface area contributed by atoms with Crippen molar-refractivity contribution in [3.05, 3.63) is 46.2 Å². The summed E-state index contributed by atoms with van der Waals surface area (Å²) in [6.45, 7) is 3.82. The SMILES string of the molecule is CC(C)Oc1ccc(NC(=O)c2ccc(Cl)nn2)cc1Cl. The number of hydrogen-bond donors (Lipinski definition) is 1. The zero-order chi connectivity index (χ0) is 15.4. The number of anilines is 1. The fourth-order valence-corrected chi connectivity index (χ4v) is 1.89. The van der Waals surface area contributed by atoms with Crippen LogP contribution in [0.3, 0.4) is 0 Å². The number of amides is 1. The maximum absolute atomic E-state index is 12.0. The third kappa shape index (κ3) is 4.31. The van der Waals surface area contributed by atoms with Crippen LogP contribution in [0.1, 0.15) is 24.3 Å². The van der Waals surface area contributed by atoms with Crippen molar-refractivity contribution < 1.29 is 9.53 Å². The maximum atomic E-state index is 12.0. The summed E-state index contributed by atoms with van der Waals surface area (Å²) >= 11 is 11.7. The molecule has 0 saturated heterocycles. The third-order valence-electron chi connectivity index (χ3n) is 2.42. The van der Waals surface area contributed by atoms with E-state index < -0.39 is 5.91 Å². The van der Waals surface area contributed by atoms with Crippen LogP contribution in [0.5, 0.6) is 5.75 Å². The summed E-state index contributed by atoms with van der Waals surface area (Å²) in [5, 5.41) is 10.6. The second-order valence-corrected chi connectivity index (χ2v) is 5.30. The highest BCUT2D eigenvalue weighted by molar-refractivity contribution is 6.32. The monoisotopic (exact) mass is 325 g/mol. The Hall–Kier alpha value is -1.85. The first kappa shape index (κ1) is 15.5. The molecule has 1 aromatic carbocycles. The van der Waals surface area contributed by atoms with Crippen molar-refractivity contribution in [1.29, 1.82) is 0 Å². The number of nitrogens with one attached hydrogen (secondary N) is 1. The van der Waals surface area contributed by atoms with E-state index in [1.807, 2.05) is 13.8 Å². The molecule has 2 aromatic rings. The van der Waals surface area contributed by atoms with E-state index in [0.717, 1.165) is 0 Å². The van der Waals surface area contributed by atoms with E-state index in [1.54, 1.807) is 18.2 Å². The van der Waals surface area contributed by atoms with E-state index in [9.17, 15) is 4.79 Å². The lowest BCUT2D eigenvalue weighted by molar-refractivity contribution is 0.102. The van der Waals surface area contributed by atoms with Crippen molar-refractivity contribution in [2.24, 2.45) is 0 Å². The van der Waals surface area contributed by atoms with Gasteiger partial charge in [0.1, 0.15) is 5.75 Å². The van der Waals surface area contributed by atoms with Crippen LogP contribution in [-0.4, -0.2) is 22.2 Å². The maximum Gasteiger partial charge on any atom is 0.276 e. The standard InChI is InChI=1S/C14H13Cl2N3O2/c1-8(2)21-12-5-3-9(7-10(12)15)17-14(20)11-4-6-13(16)19-18-11/h3-8H,1-2H3,(H,17,20). The molecule has 1 N–H and O–H groups in total. The lowest BCUT2D eigenvalue weighted by atomic mass is 10.2. The number of hydrogen-bond acceptors (Lipinski definition) is 4. The molecule has 0 atom stereocenters. The molecular weight excluding hydrogens is 313 g/mol. The number of benzene rings is 1. The quantitative estimate of drug-likeness (QED) is 0.927. The lowest BCUT2D eigenvalue weighted by Gasteiger charge is -2.12. The number of nitrogens with zero attached hydrogens (tertiary/aromatic N) is 2. The highest BCUT2D eigenvalue weighted by Crippen LogP contribution is 2.28. The largest absolute Gasteiger partial charge is 0.489 e. The Morgan fingerprint density at radius 1 is 1.19 bits per heavy atom. The number of ether oxygens (including phenoxy) is 1. The van der Waals surface area contributed by atoms with Crippen molar-refractivity contribution in [2.75, 3.05) is 5.32 Å². The molecular formula is C14H13Cl2N3O2. The summed E-state index contributed by atoms with van der Waals surface area (Å²) in [4.78, 5) is 12.0. The van der Waals surface area contributed by atoms with Crippen molar-refractivity contribution >= 4 is 34.8 Å². The van der Waals surface area contributed by atoms with Gasteiger partial charge in [-0.3, -0.25) is 4.79 Å². The lowest BCUT2D eigenvalue weighted by Crippen LogP contribution is -2.14. The number of rotatable bonds is 4. The van der Waals surface area contributed by atoms with Crippen molar-refractivity contribution in [1.82, 2.24) is 10.2 Å². The van der Waals surface area contributed by atoms with Crippen LogP contribution in [0.15, 0.2) is 30.3 Å². The predicted molar refractivity (Wildman–Crippen MR) is 82.2 cm³/mol. The number of carbonyl (C=O) groups excluding carboxylic acids is 1. The van der Waals surface area contributed by atoms with Gasteiger partial charge >= 0.3 is 0 Å². The number of aromatic nitrogens is 2. The Balaban J connectivity index is 2.11. The van der Waals surface area contributed by atoms with Crippen LogP contribution in [0.25, 0.3) is 0 Å². The van der Waals surface area contributed by atoms with E-state index in [2.05, 4.69) is 15.5 Å². The van der Waals surface area contributed by atoms with Crippen molar-refractivity contribution in [3.8, 4) is 5.75 Å². The fourth-order valence-electron chi connectivity index (χ4n) is 1.56. The van der Waals surface area contributed by atoms with Crippen LogP contribution in [0, 0.1) is 0 Å². The minimum absolute atomic E-state index is 0.0206. The second-order valence-electron chi connectivity index (χ2n) is 4.51. The molecule has 7 heteroatoms. The summed E-state index contributed by atoms with van der Waals surface area (Å²) < 4.78 is 5.52. The molecule has 0 radical (unpaired) electrons. The average Bonchev–Trinajstić information content (AvgIpc) is 2.42. The Labute approximate surface area is 132 Å². The zero-order valence-electron chi connectivity index (χ0n) is 11.4. The molecule has 21 heavy (non-hydrogen) atoms. The van der Waals surface area contributed by atoms with Gasteiger partial charge in [-0.1, -0.05) is 23.2 Å². The summed E-state index contributed by atoms with van der Waals surface area (Å²) in [6.07, 6.45) is 0.0206. The van der Waals surface area contributed by atoms with Gasteiger partial charge in [-0.15, -0.1) is 10.2 Å². The highest BCUT2D eigenvalue weighted by atomic mass is 35.5. The first-order valence-electron chi connectivity index (χ1n) is 6.22. The minimum atomic E-state index is -0.396. The van der Waals surface area contributed by atoms with Gasteiger partial charge in [-0.25, -0.2) is 0 Å². The smallest absolute Gasteiger partial charge is 0.276 e. The molecule has 1 heterocycles. The summed E-state index contributed by atoms with van der Waals surface area (Å²) in [6, 6.07) is 8.00. The first-order valence-corrected chi connectivity index (χ1v) is 6.98. The Morgan fingerprint density at radius 3 is 2.52 bits per heavy atom. The molecule has 0 fully saturated rings. The summed E-state index contributed by atoms with van der Waals surface area (Å²) in [7, 11) is 0. The van der Waals surface area contributed by atoms with Gasteiger partial charge in [-0.05, 0) is 44.2 Å². The molecule has 0 aliphatic carbocycles. The molecule has 110 valence electrons. The predicted octanol–water partition coefficient (Wildman–Crippen LogP) is 3.82. The van der Waals surface area contributed by atoms with Gasteiger partial charge in [0.15, 0.2) is 10.8 Å². The van der Waals surface area contributed by atoms with E-state index in [-0.39, 0.29) is 17.0 Å². The summed E-state index contributed by atoms with van der Waals surface area (Å²) in [5.74, 6) is 0.170. The van der Waals surface area contributed by atoms with Crippen LogP contribution < -0.4 is 10.1 Å². The molecule has 2 rings (SSSR count).